The van der Waals surface area contributed by atoms with Crippen LogP contribution in [-0.4, -0.2) is 35.2 Å². The summed E-state index contributed by atoms with van der Waals surface area (Å²) in [6.07, 6.45) is 3.10. The Kier molecular flexibility index (Phi) is 7.36. The fraction of sp³-hybridized carbons (Fsp3) is 0.550. The van der Waals surface area contributed by atoms with E-state index in [4.69, 9.17) is 15.2 Å². The molecule has 0 unspecified atom stereocenters. The van der Waals surface area contributed by atoms with Crippen LogP contribution < -0.4 is 15.8 Å². The van der Waals surface area contributed by atoms with Gasteiger partial charge in [0.1, 0.15) is 17.2 Å². The van der Waals surface area contributed by atoms with Crippen molar-refractivity contribution in [3.8, 4) is 5.75 Å². The van der Waals surface area contributed by atoms with Crippen LogP contribution in [0, 0.1) is 0 Å². The molecule has 0 saturated carbocycles. The van der Waals surface area contributed by atoms with Crippen molar-refractivity contribution in [1.82, 2.24) is 9.97 Å². The van der Waals surface area contributed by atoms with Gasteiger partial charge in [-0.3, -0.25) is 4.79 Å². The van der Waals surface area contributed by atoms with Gasteiger partial charge in [-0.15, -0.1) is 0 Å². The summed E-state index contributed by atoms with van der Waals surface area (Å²) in [5.74, 6) is 1.30. The number of hydrogen-bond donors (Lipinski definition) is 2. The number of nitrogens with one attached hydrogen (secondary N) is 1. The molecule has 148 valence electrons. The van der Waals surface area contributed by atoms with Crippen LogP contribution >= 0.6 is 0 Å². The fourth-order valence-electron chi connectivity index (χ4n) is 2.65. The Balaban J connectivity index is 1.84. The maximum absolute atomic E-state index is 11.7. The number of carbonyl (C=O) groups is 1. The average Bonchev–Trinajstić information content (AvgIpc) is 2.61. The predicted molar refractivity (Wildman–Crippen MR) is 107 cm³/mol. The Morgan fingerprint density at radius 1 is 1.15 bits per heavy atom. The SMILES string of the molecule is COc1ccc2nc(CN)c(NCCCCCC(=O)OC(C)(C)C)nc2c1. The van der Waals surface area contributed by atoms with Gasteiger partial charge in [0.2, 0.25) is 0 Å². The van der Waals surface area contributed by atoms with Crippen LogP contribution in [0.1, 0.15) is 52.1 Å². The lowest BCUT2D eigenvalue weighted by molar-refractivity contribution is -0.154. The van der Waals surface area contributed by atoms with Crippen molar-refractivity contribution in [1.29, 1.82) is 0 Å². The number of fused-ring (bicyclic) bond motifs is 1. The molecule has 0 aliphatic rings. The van der Waals surface area contributed by atoms with Crippen LogP contribution in [0.3, 0.4) is 0 Å². The van der Waals surface area contributed by atoms with E-state index in [9.17, 15) is 4.79 Å². The molecule has 27 heavy (non-hydrogen) atoms. The lowest BCUT2D eigenvalue weighted by Crippen LogP contribution is -2.23. The van der Waals surface area contributed by atoms with Gasteiger partial charge < -0.3 is 20.5 Å². The average molecular weight is 374 g/mol. The van der Waals surface area contributed by atoms with E-state index < -0.39 is 5.60 Å². The summed E-state index contributed by atoms with van der Waals surface area (Å²) in [5, 5.41) is 3.31. The van der Waals surface area contributed by atoms with Crippen molar-refractivity contribution < 1.29 is 14.3 Å². The van der Waals surface area contributed by atoms with Gasteiger partial charge in [0, 0.05) is 25.6 Å². The van der Waals surface area contributed by atoms with Gasteiger partial charge in [0.05, 0.1) is 23.8 Å². The smallest absolute Gasteiger partial charge is 0.306 e. The van der Waals surface area contributed by atoms with Crippen LogP contribution in [0.5, 0.6) is 5.75 Å². The maximum Gasteiger partial charge on any atom is 0.306 e. The van der Waals surface area contributed by atoms with Crippen LogP contribution in [0.4, 0.5) is 5.82 Å². The number of rotatable bonds is 9. The topological polar surface area (TPSA) is 99.4 Å². The highest BCUT2D eigenvalue weighted by Gasteiger charge is 2.15. The largest absolute Gasteiger partial charge is 0.497 e. The summed E-state index contributed by atoms with van der Waals surface area (Å²) in [6, 6.07) is 5.59. The highest BCUT2D eigenvalue weighted by atomic mass is 16.6. The molecule has 2 rings (SSSR count). The first-order chi connectivity index (χ1) is 12.8. The van der Waals surface area contributed by atoms with Gasteiger partial charge in [-0.1, -0.05) is 6.42 Å². The molecule has 0 atom stereocenters. The van der Waals surface area contributed by atoms with E-state index >= 15 is 0 Å². The zero-order valence-corrected chi connectivity index (χ0v) is 16.7. The molecule has 2 aromatic rings. The van der Waals surface area contributed by atoms with Crippen LogP contribution in [0.15, 0.2) is 18.2 Å². The second-order valence-electron chi connectivity index (χ2n) is 7.40. The minimum atomic E-state index is -0.422. The molecule has 1 aromatic carbocycles. The van der Waals surface area contributed by atoms with Crippen molar-refractivity contribution in [3.63, 3.8) is 0 Å². The Labute approximate surface area is 160 Å². The first kappa shape index (κ1) is 20.9. The van der Waals surface area contributed by atoms with Gasteiger partial charge in [-0.25, -0.2) is 9.97 Å². The number of aromatic nitrogens is 2. The highest BCUT2D eigenvalue weighted by molar-refractivity contribution is 5.78. The molecule has 0 amide bonds. The molecule has 0 radical (unpaired) electrons. The molecule has 7 nitrogen and oxygen atoms in total. The number of methoxy groups -OCH3 is 1. The summed E-state index contributed by atoms with van der Waals surface area (Å²) < 4.78 is 10.5. The van der Waals surface area contributed by atoms with Gasteiger partial charge in [0.15, 0.2) is 0 Å². The standard InChI is InChI=1S/C20H30N4O3/c1-20(2,3)27-18(25)8-6-5-7-11-22-19-17(13-21)23-15-10-9-14(26-4)12-16(15)24-19/h9-10,12H,5-8,11,13,21H2,1-4H3,(H,22,24). The molecule has 7 heteroatoms. The lowest BCUT2D eigenvalue weighted by Gasteiger charge is -2.19. The second-order valence-corrected chi connectivity index (χ2v) is 7.40. The molecule has 0 aliphatic carbocycles. The van der Waals surface area contributed by atoms with E-state index in [0.29, 0.717) is 18.8 Å². The number of hydrogen-bond acceptors (Lipinski definition) is 7. The van der Waals surface area contributed by atoms with Crippen LogP contribution in [-0.2, 0) is 16.1 Å². The normalized spacial score (nSPS) is 11.4. The summed E-state index contributed by atoms with van der Waals surface area (Å²) in [4.78, 5) is 20.9. The van der Waals surface area contributed by atoms with E-state index in [2.05, 4.69) is 15.3 Å². The van der Waals surface area contributed by atoms with Crippen molar-refractivity contribution in [2.24, 2.45) is 5.73 Å². The Bertz CT molecular complexity index is 772. The van der Waals surface area contributed by atoms with Crippen LogP contribution in [0.2, 0.25) is 0 Å². The molecule has 0 fully saturated rings. The van der Waals surface area contributed by atoms with Gasteiger partial charge >= 0.3 is 5.97 Å². The predicted octanol–water partition coefficient (Wildman–Crippen LogP) is 3.41. The Morgan fingerprint density at radius 2 is 1.93 bits per heavy atom. The number of nitrogens with two attached hydrogens (primary N) is 1. The monoisotopic (exact) mass is 374 g/mol. The molecule has 1 aromatic heterocycles. The number of ether oxygens (including phenoxy) is 2. The molecular formula is C20H30N4O3. The minimum absolute atomic E-state index is 0.143. The molecular weight excluding hydrogens is 344 g/mol. The zero-order valence-electron chi connectivity index (χ0n) is 16.7. The first-order valence-electron chi connectivity index (χ1n) is 9.33. The Morgan fingerprint density at radius 3 is 2.59 bits per heavy atom. The molecule has 0 bridgehead atoms. The molecule has 0 aliphatic heterocycles. The number of unbranched alkanes of at least 4 members (excludes halogenated alkanes) is 2. The maximum atomic E-state index is 11.7. The van der Waals surface area contributed by atoms with Crippen molar-refractivity contribution in [2.75, 3.05) is 19.0 Å². The van der Waals surface area contributed by atoms with E-state index in [-0.39, 0.29) is 5.97 Å². The third-order valence-corrected chi connectivity index (χ3v) is 3.91. The number of esters is 1. The van der Waals surface area contributed by atoms with Crippen molar-refractivity contribution >= 4 is 22.8 Å². The van der Waals surface area contributed by atoms with Gasteiger partial charge in [-0.2, -0.15) is 0 Å². The molecule has 1 heterocycles. The van der Waals surface area contributed by atoms with E-state index in [1.807, 2.05) is 39.0 Å². The fourth-order valence-corrected chi connectivity index (χ4v) is 2.65. The molecule has 0 spiro atoms. The van der Waals surface area contributed by atoms with Crippen molar-refractivity contribution in [2.45, 2.75) is 58.6 Å². The highest BCUT2D eigenvalue weighted by Crippen LogP contribution is 2.21. The summed E-state index contributed by atoms with van der Waals surface area (Å²) in [7, 11) is 1.62. The summed E-state index contributed by atoms with van der Waals surface area (Å²) in [6.45, 7) is 6.69. The van der Waals surface area contributed by atoms with E-state index in [1.54, 1.807) is 7.11 Å². The van der Waals surface area contributed by atoms with Gasteiger partial charge in [-0.05, 0) is 45.7 Å². The lowest BCUT2D eigenvalue weighted by atomic mass is 10.1. The molecule has 0 saturated heterocycles. The van der Waals surface area contributed by atoms with Gasteiger partial charge in [0.25, 0.3) is 0 Å². The third-order valence-electron chi connectivity index (χ3n) is 3.91. The number of anilines is 1. The number of benzene rings is 1. The quantitative estimate of drug-likeness (QED) is 0.512. The summed E-state index contributed by atoms with van der Waals surface area (Å²) in [5.41, 5.74) is 7.68. The summed E-state index contributed by atoms with van der Waals surface area (Å²) >= 11 is 0. The number of carbonyl (C=O) groups excluding carboxylic acids is 1. The zero-order chi connectivity index (χ0) is 19.9. The third kappa shape index (κ3) is 6.67. The van der Waals surface area contributed by atoms with Crippen molar-refractivity contribution in [3.05, 3.63) is 23.9 Å². The van der Waals surface area contributed by atoms with Crippen LogP contribution in [0.25, 0.3) is 11.0 Å². The van der Waals surface area contributed by atoms with E-state index in [1.165, 1.54) is 0 Å². The van der Waals surface area contributed by atoms with E-state index in [0.717, 1.165) is 48.3 Å². The second kappa shape index (κ2) is 9.50. The minimum Gasteiger partial charge on any atom is -0.497 e. The number of nitrogens with zero attached hydrogens (tertiary/aromatic N) is 2. The molecule has 3 N–H and O–H groups in total. The first-order valence-corrected chi connectivity index (χ1v) is 9.33. The Hall–Kier alpha value is -2.41.